The Bertz CT molecular complexity index is 3590. The van der Waals surface area contributed by atoms with Crippen LogP contribution in [0.3, 0.4) is 0 Å². The fourth-order valence-corrected chi connectivity index (χ4v) is 8.40. The van der Waals surface area contributed by atoms with Gasteiger partial charge in [0, 0.05) is 38.2 Å². The molecule has 0 N–H and O–H groups in total. The molecule has 0 atom stereocenters. The summed E-state index contributed by atoms with van der Waals surface area (Å²) in [4.78, 5) is 15.1. The second-order valence-corrected chi connectivity index (χ2v) is 15.2. The van der Waals surface area contributed by atoms with Crippen molar-refractivity contribution < 1.29 is 8.83 Å². The molecule has 5 heteroatoms. The minimum atomic E-state index is 0.618. The Labute approximate surface area is 344 Å². The average molecular weight is 768 g/mol. The van der Waals surface area contributed by atoms with Crippen molar-refractivity contribution in [3.05, 3.63) is 200 Å². The van der Waals surface area contributed by atoms with Gasteiger partial charge in [0.05, 0.1) is 0 Å². The highest BCUT2D eigenvalue weighted by atomic mass is 16.3. The third-order valence-electron chi connectivity index (χ3n) is 11.5. The van der Waals surface area contributed by atoms with Gasteiger partial charge in [-0.1, -0.05) is 152 Å². The van der Waals surface area contributed by atoms with E-state index in [4.69, 9.17) is 23.8 Å². The van der Waals surface area contributed by atoms with E-state index in [0.29, 0.717) is 17.5 Å². The number of rotatable bonds is 6. The predicted octanol–water partition coefficient (Wildman–Crippen LogP) is 14.8. The largest absolute Gasteiger partial charge is 0.456 e. The Morgan fingerprint density at radius 1 is 0.233 bits per heavy atom. The van der Waals surface area contributed by atoms with Crippen LogP contribution >= 0.6 is 0 Å². The third-order valence-corrected chi connectivity index (χ3v) is 11.5. The van der Waals surface area contributed by atoms with Gasteiger partial charge in [-0.2, -0.15) is 0 Å². The third kappa shape index (κ3) is 5.91. The summed E-state index contributed by atoms with van der Waals surface area (Å²) in [6.45, 7) is 0. The van der Waals surface area contributed by atoms with E-state index in [9.17, 15) is 0 Å². The topological polar surface area (TPSA) is 65.0 Å². The number of hydrogen-bond acceptors (Lipinski definition) is 5. The first kappa shape index (κ1) is 33.9. The van der Waals surface area contributed by atoms with E-state index in [0.717, 1.165) is 93.9 Å². The van der Waals surface area contributed by atoms with Crippen LogP contribution in [0.25, 0.3) is 122 Å². The molecule has 0 radical (unpaired) electrons. The fraction of sp³-hybridized carbons (Fsp3) is 0. The van der Waals surface area contributed by atoms with Gasteiger partial charge in [-0.15, -0.1) is 0 Å². The number of furan rings is 2. The molecule has 0 amide bonds. The van der Waals surface area contributed by atoms with Crippen LogP contribution in [0, 0.1) is 0 Å². The Kier molecular flexibility index (Phi) is 7.78. The van der Waals surface area contributed by atoms with Gasteiger partial charge in [0.1, 0.15) is 22.3 Å². The average Bonchev–Trinajstić information content (AvgIpc) is 3.88. The van der Waals surface area contributed by atoms with Crippen LogP contribution in [0.4, 0.5) is 0 Å². The lowest BCUT2D eigenvalue weighted by atomic mass is 9.98. The standard InChI is InChI=1S/C55H33N3O2/c1-2-9-37(10-3-1)53-56-54(38-23-21-36(22-24-38)42-25-27-50-46(31-42)45-15-6-7-16-49(45)59-50)58-55(57-53)44-14-8-13-39(29-44)34-17-19-35(20-18-34)43-26-28-51-47(32-43)48-30-40-11-4-5-12-41(40)33-52(48)60-51/h1-33H. The van der Waals surface area contributed by atoms with Crippen molar-refractivity contribution in [1.82, 2.24) is 15.0 Å². The second-order valence-electron chi connectivity index (χ2n) is 15.2. The van der Waals surface area contributed by atoms with Crippen LogP contribution in [0.2, 0.25) is 0 Å². The Morgan fingerprint density at radius 3 is 1.32 bits per heavy atom. The Balaban J connectivity index is 0.870. The van der Waals surface area contributed by atoms with Crippen molar-refractivity contribution >= 4 is 54.6 Å². The van der Waals surface area contributed by atoms with Crippen LogP contribution < -0.4 is 0 Å². The van der Waals surface area contributed by atoms with Crippen LogP contribution in [0.5, 0.6) is 0 Å². The molecule has 3 aromatic heterocycles. The van der Waals surface area contributed by atoms with Gasteiger partial charge in [-0.3, -0.25) is 0 Å². The fourth-order valence-electron chi connectivity index (χ4n) is 8.40. The molecule has 0 aliphatic rings. The minimum Gasteiger partial charge on any atom is -0.456 e. The van der Waals surface area contributed by atoms with E-state index in [1.165, 1.54) is 10.8 Å². The van der Waals surface area contributed by atoms with Gasteiger partial charge in [-0.05, 0) is 92.7 Å². The van der Waals surface area contributed by atoms with Crippen molar-refractivity contribution in [3.8, 4) is 67.5 Å². The normalized spacial score (nSPS) is 11.7. The summed E-state index contributed by atoms with van der Waals surface area (Å²) in [5.41, 5.74) is 13.0. The van der Waals surface area contributed by atoms with E-state index < -0.39 is 0 Å². The first-order valence-corrected chi connectivity index (χ1v) is 20.1. The zero-order chi connectivity index (χ0) is 39.6. The molecule has 0 unspecified atom stereocenters. The molecule has 12 aromatic rings. The summed E-state index contributed by atoms with van der Waals surface area (Å²) in [6, 6.07) is 69.5. The summed E-state index contributed by atoms with van der Waals surface area (Å²) < 4.78 is 12.3. The molecule has 0 aliphatic carbocycles. The molecule has 280 valence electrons. The monoisotopic (exact) mass is 767 g/mol. The number of para-hydroxylation sites is 1. The quantitative estimate of drug-likeness (QED) is 0.169. The molecule has 0 fully saturated rings. The molecular weight excluding hydrogens is 735 g/mol. The number of nitrogens with zero attached hydrogens (tertiary/aromatic N) is 3. The highest BCUT2D eigenvalue weighted by molar-refractivity contribution is 6.11. The van der Waals surface area contributed by atoms with E-state index in [-0.39, 0.29) is 0 Å². The SMILES string of the molecule is c1ccc(-c2nc(-c3ccc(-c4ccc5oc6ccccc6c5c4)cc3)nc(-c3cccc(-c4ccc(-c5ccc6oc7cc8ccccc8cc7c6c5)cc4)c3)n2)cc1. The van der Waals surface area contributed by atoms with Crippen LogP contribution in [-0.4, -0.2) is 15.0 Å². The lowest BCUT2D eigenvalue weighted by molar-refractivity contribution is 0.669. The van der Waals surface area contributed by atoms with Gasteiger partial charge >= 0.3 is 0 Å². The maximum Gasteiger partial charge on any atom is 0.164 e. The zero-order valence-corrected chi connectivity index (χ0v) is 32.2. The van der Waals surface area contributed by atoms with E-state index in [1.54, 1.807) is 0 Å². The van der Waals surface area contributed by atoms with Crippen LogP contribution in [0.15, 0.2) is 209 Å². The highest BCUT2D eigenvalue weighted by Crippen LogP contribution is 2.37. The van der Waals surface area contributed by atoms with Crippen molar-refractivity contribution in [2.45, 2.75) is 0 Å². The maximum atomic E-state index is 6.27. The van der Waals surface area contributed by atoms with Gasteiger partial charge in [0.15, 0.2) is 17.5 Å². The summed E-state index contributed by atoms with van der Waals surface area (Å²) in [7, 11) is 0. The van der Waals surface area contributed by atoms with Gasteiger partial charge in [-0.25, -0.2) is 15.0 Å². The Morgan fingerprint density at radius 2 is 0.650 bits per heavy atom. The number of aromatic nitrogens is 3. The number of fused-ring (bicyclic) bond motifs is 7. The molecule has 0 spiro atoms. The molecular formula is C55H33N3O2. The second kappa shape index (κ2) is 13.8. The summed E-state index contributed by atoms with van der Waals surface area (Å²) in [5, 5.41) is 6.85. The molecule has 60 heavy (non-hydrogen) atoms. The minimum absolute atomic E-state index is 0.618. The predicted molar refractivity (Wildman–Crippen MR) is 245 cm³/mol. The first-order chi connectivity index (χ1) is 29.7. The summed E-state index contributed by atoms with van der Waals surface area (Å²) >= 11 is 0. The maximum absolute atomic E-state index is 6.27. The molecule has 0 bridgehead atoms. The van der Waals surface area contributed by atoms with Crippen molar-refractivity contribution in [2.24, 2.45) is 0 Å². The van der Waals surface area contributed by atoms with E-state index >= 15 is 0 Å². The molecule has 9 aromatic carbocycles. The number of benzene rings is 9. The molecule has 3 heterocycles. The van der Waals surface area contributed by atoms with Crippen molar-refractivity contribution in [2.75, 3.05) is 0 Å². The molecule has 5 nitrogen and oxygen atoms in total. The molecule has 0 saturated carbocycles. The van der Waals surface area contributed by atoms with Crippen LogP contribution in [0.1, 0.15) is 0 Å². The smallest absolute Gasteiger partial charge is 0.164 e. The summed E-state index contributed by atoms with van der Waals surface area (Å²) in [6.07, 6.45) is 0. The van der Waals surface area contributed by atoms with Crippen LogP contribution in [-0.2, 0) is 0 Å². The highest BCUT2D eigenvalue weighted by Gasteiger charge is 2.15. The van der Waals surface area contributed by atoms with E-state index in [1.807, 2.05) is 48.5 Å². The lowest BCUT2D eigenvalue weighted by Gasteiger charge is -2.10. The number of hydrogen-bond donors (Lipinski definition) is 0. The summed E-state index contributed by atoms with van der Waals surface area (Å²) in [5.74, 6) is 1.86. The first-order valence-electron chi connectivity index (χ1n) is 20.1. The molecule has 0 saturated heterocycles. The lowest BCUT2D eigenvalue weighted by Crippen LogP contribution is -2.00. The van der Waals surface area contributed by atoms with E-state index in [2.05, 4.69) is 152 Å². The zero-order valence-electron chi connectivity index (χ0n) is 32.2. The van der Waals surface area contributed by atoms with Gasteiger partial charge in [0.25, 0.3) is 0 Å². The Hall–Kier alpha value is -8.15. The van der Waals surface area contributed by atoms with Crippen molar-refractivity contribution in [3.63, 3.8) is 0 Å². The van der Waals surface area contributed by atoms with Gasteiger partial charge in [0.2, 0.25) is 0 Å². The van der Waals surface area contributed by atoms with Gasteiger partial charge < -0.3 is 8.83 Å². The molecule has 12 rings (SSSR count). The van der Waals surface area contributed by atoms with Crippen molar-refractivity contribution in [1.29, 1.82) is 0 Å². The molecule has 0 aliphatic heterocycles.